The fourth-order valence-electron chi connectivity index (χ4n) is 3.46. The lowest BCUT2D eigenvalue weighted by molar-refractivity contribution is 0.439. The quantitative estimate of drug-likeness (QED) is 0.859. The number of fused-ring (bicyclic) bond motifs is 2. The van der Waals surface area contributed by atoms with Crippen LogP contribution in [0.2, 0.25) is 0 Å². The molecule has 0 amide bonds. The molecular weight excluding hydrogens is 270 g/mol. The molecule has 2 nitrogen and oxygen atoms in total. The molecule has 2 aliphatic rings. The summed E-state index contributed by atoms with van der Waals surface area (Å²) in [4.78, 5) is 4.71. The van der Waals surface area contributed by atoms with Gasteiger partial charge >= 0.3 is 0 Å². The molecule has 0 saturated heterocycles. The largest absolute Gasteiger partial charge is 0.508 e. The number of hydrogen-bond donors (Lipinski definition) is 1. The van der Waals surface area contributed by atoms with Crippen LogP contribution in [0.1, 0.15) is 18.5 Å². The van der Waals surface area contributed by atoms with E-state index in [4.69, 9.17) is 4.99 Å². The highest BCUT2D eigenvalue weighted by Gasteiger charge is 2.38. The number of dihydropyridines is 1. The summed E-state index contributed by atoms with van der Waals surface area (Å²) >= 11 is 0. The number of phenolic OH excluding ortho intramolecular Hbond substituents is 1. The number of rotatable bonds is 1. The van der Waals surface area contributed by atoms with E-state index in [0.717, 1.165) is 5.56 Å². The van der Waals surface area contributed by atoms with Gasteiger partial charge in [-0.3, -0.25) is 4.99 Å². The van der Waals surface area contributed by atoms with Gasteiger partial charge in [-0.05, 0) is 46.7 Å². The molecule has 1 aliphatic heterocycles. The molecule has 4 rings (SSSR count). The van der Waals surface area contributed by atoms with Crippen LogP contribution < -0.4 is 10.4 Å². The molecule has 2 aromatic carbocycles. The molecule has 2 atom stereocenters. The van der Waals surface area contributed by atoms with Crippen molar-refractivity contribution < 1.29 is 5.11 Å². The molecule has 0 spiro atoms. The summed E-state index contributed by atoms with van der Waals surface area (Å²) in [6.45, 7) is 2.22. The van der Waals surface area contributed by atoms with Crippen LogP contribution in [0.15, 0.2) is 65.2 Å². The van der Waals surface area contributed by atoms with Gasteiger partial charge in [-0.2, -0.15) is 0 Å². The highest BCUT2D eigenvalue weighted by Crippen LogP contribution is 2.47. The molecule has 108 valence electrons. The minimum Gasteiger partial charge on any atom is -0.508 e. The zero-order valence-electron chi connectivity index (χ0n) is 12.4. The summed E-state index contributed by atoms with van der Waals surface area (Å²) in [6.07, 6.45) is 8.52. The van der Waals surface area contributed by atoms with Crippen LogP contribution in [0, 0.1) is 5.41 Å². The van der Waals surface area contributed by atoms with Crippen molar-refractivity contribution in [1.29, 1.82) is 0 Å². The second-order valence-electron chi connectivity index (χ2n) is 6.12. The number of nitrogens with zero attached hydrogens (tertiary/aromatic N) is 1. The first-order valence-electron chi connectivity index (χ1n) is 7.49. The van der Waals surface area contributed by atoms with E-state index in [1.165, 1.54) is 16.0 Å². The summed E-state index contributed by atoms with van der Waals surface area (Å²) in [7, 11) is 0. The molecule has 2 aromatic rings. The van der Waals surface area contributed by atoms with Gasteiger partial charge in [0.2, 0.25) is 0 Å². The molecular formula is C20H17NO. The minimum absolute atomic E-state index is 0.0239. The number of hydrogen-bond acceptors (Lipinski definition) is 2. The lowest BCUT2D eigenvalue weighted by atomic mass is 9.69. The van der Waals surface area contributed by atoms with Gasteiger partial charge in [-0.25, -0.2) is 0 Å². The van der Waals surface area contributed by atoms with Gasteiger partial charge in [0.1, 0.15) is 5.75 Å². The molecule has 2 heteroatoms. The Balaban J connectivity index is 1.93. The smallest absolute Gasteiger partial charge is 0.115 e. The highest BCUT2D eigenvalue weighted by atomic mass is 16.3. The maximum Gasteiger partial charge on any atom is 0.115 e. The zero-order valence-corrected chi connectivity index (χ0v) is 12.4. The van der Waals surface area contributed by atoms with Crippen LogP contribution in [0.3, 0.4) is 0 Å². The van der Waals surface area contributed by atoms with E-state index < -0.39 is 0 Å². The Morgan fingerprint density at radius 1 is 1.05 bits per heavy atom. The maximum atomic E-state index is 9.80. The molecule has 0 aromatic heterocycles. The van der Waals surface area contributed by atoms with E-state index in [2.05, 4.69) is 49.4 Å². The Kier molecular flexibility index (Phi) is 2.80. The first kappa shape index (κ1) is 13.1. The molecule has 0 fully saturated rings. The Hall–Kier alpha value is -2.61. The Morgan fingerprint density at radius 3 is 2.68 bits per heavy atom. The van der Waals surface area contributed by atoms with Crippen molar-refractivity contribution in [3.8, 4) is 5.75 Å². The highest BCUT2D eigenvalue weighted by molar-refractivity contribution is 5.81. The first-order valence-corrected chi connectivity index (χ1v) is 7.49. The van der Waals surface area contributed by atoms with Gasteiger partial charge in [-0.1, -0.05) is 48.6 Å². The van der Waals surface area contributed by atoms with Gasteiger partial charge in [0.15, 0.2) is 0 Å². The molecule has 22 heavy (non-hydrogen) atoms. The van der Waals surface area contributed by atoms with Crippen molar-refractivity contribution in [2.75, 3.05) is 0 Å². The van der Waals surface area contributed by atoms with Crippen LogP contribution in [0.5, 0.6) is 5.75 Å². The number of aliphatic imine (C=N–C) groups is 1. The third-order valence-electron chi connectivity index (χ3n) is 4.63. The van der Waals surface area contributed by atoms with Gasteiger partial charge in [-0.15, -0.1) is 0 Å². The van der Waals surface area contributed by atoms with Crippen molar-refractivity contribution in [2.24, 2.45) is 10.4 Å². The minimum atomic E-state index is -0.198. The summed E-state index contributed by atoms with van der Waals surface area (Å²) in [5.74, 6) is 0.285. The Labute approximate surface area is 129 Å². The lowest BCUT2D eigenvalue weighted by Gasteiger charge is -2.38. The topological polar surface area (TPSA) is 32.6 Å². The van der Waals surface area contributed by atoms with Gasteiger partial charge in [0.25, 0.3) is 0 Å². The van der Waals surface area contributed by atoms with Crippen molar-refractivity contribution in [3.05, 3.63) is 76.2 Å². The van der Waals surface area contributed by atoms with Crippen LogP contribution >= 0.6 is 0 Å². The number of aromatic hydroxyl groups is 1. The summed E-state index contributed by atoms with van der Waals surface area (Å²) < 4.78 is 0. The van der Waals surface area contributed by atoms with Crippen molar-refractivity contribution in [2.45, 2.75) is 13.0 Å². The van der Waals surface area contributed by atoms with E-state index in [1.807, 2.05) is 24.4 Å². The number of benzene rings is 2. The molecule has 0 bridgehead atoms. The maximum absolute atomic E-state index is 9.80. The predicted octanol–water partition coefficient (Wildman–Crippen LogP) is 2.73. The van der Waals surface area contributed by atoms with Crippen LogP contribution in [-0.4, -0.2) is 11.3 Å². The molecule has 1 aliphatic carbocycles. The second kappa shape index (κ2) is 4.70. The van der Waals surface area contributed by atoms with E-state index in [0.29, 0.717) is 0 Å². The summed E-state index contributed by atoms with van der Waals surface area (Å²) in [5.41, 5.74) is 2.10. The van der Waals surface area contributed by atoms with Crippen LogP contribution in [0.25, 0.3) is 12.2 Å². The molecule has 2 unspecified atom stereocenters. The van der Waals surface area contributed by atoms with Crippen molar-refractivity contribution in [1.82, 2.24) is 0 Å². The molecule has 1 N–H and O–H groups in total. The molecule has 0 saturated carbocycles. The van der Waals surface area contributed by atoms with Crippen molar-refractivity contribution >= 4 is 18.4 Å². The fourth-order valence-corrected chi connectivity index (χ4v) is 3.46. The van der Waals surface area contributed by atoms with E-state index in [1.54, 1.807) is 6.07 Å². The summed E-state index contributed by atoms with van der Waals surface area (Å²) in [6, 6.07) is 15.8. The zero-order chi connectivity index (χ0) is 15.2. The van der Waals surface area contributed by atoms with E-state index >= 15 is 0 Å². The summed E-state index contributed by atoms with van der Waals surface area (Å²) in [5, 5.41) is 12.3. The Morgan fingerprint density at radius 2 is 1.86 bits per heavy atom. The first-order chi connectivity index (χ1) is 10.7. The van der Waals surface area contributed by atoms with E-state index in [-0.39, 0.29) is 17.2 Å². The second-order valence-corrected chi connectivity index (χ2v) is 6.12. The SMILES string of the molecule is CC12C=c3ccccc3=CC1=CC=NC2c1cccc(O)c1. The predicted molar refractivity (Wildman–Crippen MR) is 90.2 cm³/mol. The average molecular weight is 287 g/mol. The van der Waals surface area contributed by atoms with Gasteiger partial charge in [0, 0.05) is 11.6 Å². The standard InChI is InChI=1S/C20H17NO/c1-20-13-16-6-3-2-5-14(16)11-17(20)9-10-21-19(20)15-7-4-8-18(22)12-15/h2-13,19,22H,1H3. The Bertz CT molecular complexity index is 923. The average Bonchev–Trinajstić information content (AvgIpc) is 2.51. The van der Waals surface area contributed by atoms with Gasteiger partial charge in [0.05, 0.1) is 6.04 Å². The fraction of sp³-hybridized carbons (Fsp3) is 0.150. The third kappa shape index (κ3) is 1.92. The third-order valence-corrected chi connectivity index (χ3v) is 4.63. The van der Waals surface area contributed by atoms with E-state index in [9.17, 15) is 5.11 Å². The number of phenols is 1. The van der Waals surface area contributed by atoms with Crippen molar-refractivity contribution in [3.63, 3.8) is 0 Å². The number of allylic oxidation sites excluding steroid dienone is 1. The molecule has 1 heterocycles. The molecule has 0 radical (unpaired) electrons. The monoisotopic (exact) mass is 287 g/mol. The lowest BCUT2D eigenvalue weighted by Crippen LogP contribution is -2.38. The van der Waals surface area contributed by atoms with Crippen LogP contribution in [0.4, 0.5) is 0 Å². The normalized spacial score (nSPS) is 25.3. The van der Waals surface area contributed by atoms with Gasteiger partial charge < -0.3 is 5.11 Å². The van der Waals surface area contributed by atoms with Crippen LogP contribution in [-0.2, 0) is 0 Å².